The number of aliphatic hydroxyl groups is 1. The first-order chi connectivity index (χ1) is 9.65. The first-order valence-electron chi connectivity index (χ1n) is 6.08. The molecule has 0 saturated carbocycles. The zero-order valence-corrected chi connectivity index (χ0v) is 12.2. The van der Waals surface area contributed by atoms with E-state index in [2.05, 4.69) is 10.3 Å². The van der Waals surface area contributed by atoms with Crippen molar-refractivity contribution in [1.82, 2.24) is 10.3 Å². The van der Waals surface area contributed by atoms with Gasteiger partial charge in [-0.15, -0.1) is 0 Å². The summed E-state index contributed by atoms with van der Waals surface area (Å²) in [6, 6.07) is 7.11. The SMILES string of the molecule is O=c1[nH]c(CNCC(O)COc2ccccc2Cl)cs1. The smallest absolute Gasteiger partial charge is 0.304 e. The lowest BCUT2D eigenvalue weighted by molar-refractivity contribution is 0.106. The lowest BCUT2D eigenvalue weighted by Crippen LogP contribution is -2.31. The van der Waals surface area contributed by atoms with Gasteiger partial charge >= 0.3 is 4.87 Å². The van der Waals surface area contributed by atoms with E-state index in [1.807, 2.05) is 12.1 Å². The van der Waals surface area contributed by atoms with Crippen LogP contribution in [-0.2, 0) is 6.54 Å². The second-order valence-electron chi connectivity index (χ2n) is 4.20. The normalized spacial score (nSPS) is 12.3. The van der Waals surface area contributed by atoms with Gasteiger partial charge in [0.2, 0.25) is 0 Å². The van der Waals surface area contributed by atoms with Crippen molar-refractivity contribution in [2.45, 2.75) is 12.6 Å². The summed E-state index contributed by atoms with van der Waals surface area (Å²) in [7, 11) is 0. The van der Waals surface area contributed by atoms with Crippen molar-refractivity contribution in [3.8, 4) is 5.75 Å². The highest BCUT2D eigenvalue weighted by Gasteiger charge is 2.07. The molecular weight excluding hydrogens is 300 g/mol. The molecule has 0 saturated heterocycles. The number of halogens is 1. The van der Waals surface area contributed by atoms with Crippen LogP contribution in [0, 0.1) is 0 Å². The van der Waals surface area contributed by atoms with E-state index in [0.717, 1.165) is 17.0 Å². The molecule has 0 radical (unpaired) electrons. The second kappa shape index (κ2) is 7.44. The molecule has 1 atom stereocenters. The predicted octanol–water partition coefficient (Wildman–Crippen LogP) is 1.62. The minimum Gasteiger partial charge on any atom is -0.489 e. The standard InChI is InChI=1S/C13H15ClN2O3S/c14-11-3-1-2-4-12(11)19-7-10(17)6-15-5-9-8-20-13(18)16-9/h1-4,8,10,15,17H,5-7H2,(H,16,18). The highest BCUT2D eigenvalue weighted by Crippen LogP contribution is 2.22. The number of aromatic amines is 1. The van der Waals surface area contributed by atoms with E-state index in [1.54, 1.807) is 17.5 Å². The van der Waals surface area contributed by atoms with Gasteiger partial charge in [0.05, 0.1) is 5.02 Å². The first kappa shape index (κ1) is 15.1. The Bertz CT molecular complexity index is 599. The maximum Gasteiger partial charge on any atom is 0.304 e. The van der Waals surface area contributed by atoms with Gasteiger partial charge in [-0.25, -0.2) is 0 Å². The van der Waals surface area contributed by atoms with Crippen LogP contribution in [0.15, 0.2) is 34.4 Å². The molecule has 0 amide bonds. The molecule has 0 bridgehead atoms. The lowest BCUT2D eigenvalue weighted by Gasteiger charge is -2.13. The van der Waals surface area contributed by atoms with Crippen LogP contribution in [0.25, 0.3) is 0 Å². The Kier molecular flexibility index (Phi) is 5.60. The summed E-state index contributed by atoms with van der Waals surface area (Å²) in [5.74, 6) is 0.551. The van der Waals surface area contributed by atoms with Crippen molar-refractivity contribution in [3.05, 3.63) is 50.0 Å². The molecule has 0 aliphatic rings. The molecule has 2 aromatic rings. The van der Waals surface area contributed by atoms with E-state index in [-0.39, 0.29) is 11.5 Å². The molecule has 3 N–H and O–H groups in total. The Morgan fingerprint density at radius 1 is 1.45 bits per heavy atom. The summed E-state index contributed by atoms with van der Waals surface area (Å²) in [5, 5.41) is 15.1. The summed E-state index contributed by atoms with van der Waals surface area (Å²) in [5.41, 5.74) is 0.805. The summed E-state index contributed by atoms with van der Waals surface area (Å²) in [6.45, 7) is 1.01. The molecule has 5 nitrogen and oxygen atoms in total. The minimum atomic E-state index is -0.656. The van der Waals surface area contributed by atoms with Crippen LogP contribution < -0.4 is 14.9 Å². The predicted molar refractivity (Wildman–Crippen MR) is 79.6 cm³/mol. The number of hydrogen-bond donors (Lipinski definition) is 3. The zero-order valence-electron chi connectivity index (χ0n) is 10.6. The zero-order chi connectivity index (χ0) is 14.4. The average Bonchev–Trinajstić information content (AvgIpc) is 2.83. The van der Waals surface area contributed by atoms with Gasteiger partial charge in [-0.1, -0.05) is 35.1 Å². The van der Waals surface area contributed by atoms with Crippen molar-refractivity contribution in [2.75, 3.05) is 13.2 Å². The van der Waals surface area contributed by atoms with Crippen LogP contribution in [0.4, 0.5) is 0 Å². The topological polar surface area (TPSA) is 74.4 Å². The van der Waals surface area contributed by atoms with Gasteiger partial charge in [0.1, 0.15) is 18.5 Å². The van der Waals surface area contributed by atoms with Crippen LogP contribution in [0.2, 0.25) is 5.02 Å². The summed E-state index contributed by atoms with van der Waals surface area (Å²) in [4.78, 5) is 13.5. The molecule has 0 spiro atoms. The van der Waals surface area contributed by atoms with E-state index in [9.17, 15) is 9.90 Å². The van der Waals surface area contributed by atoms with E-state index in [0.29, 0.717) is 23.9 Å². The quantitative estimate of drug-likeness (QED) is 0.726. The van der Waals surface area contributed by atoms with Crippen molar-refractivity contribution in [1.29, 1.82) is 0 Å². The van der Waals surface area contributed by atoms with Crippen molar-refractivity contribution in [3.63, 3.8) is 0 Å². The number of benzene rings is 1. The molecule has 7 heteroatoms. The van der Waals surface area contributed by atoms with Gasteiger partial charge in [0.25, 0.3) is 0 Å². The molecule has 2 rings (SSSR count). The molecule has 108 valence electrons. The van der Waals surface area contributed by atoms with E-state index in [1.165, 1.54) is 0 Å². The number of nitrogens with one attached hydrogen (secondary N) is 2. The Labute approximate surface area is 125 Å². The highest BCUT2D eigenvalue weighted by molar-refractivity contribution is 7.07. The maximum atomic E-state index is 10.9. The second-order valence-corrected chi connectivity index (χ2v) is 5.45. The van der Waals surface area contributed by atoms with Gasteiger partial charge in [0, 0.05) is 24.2 Å². The number of rotatable bonds is 7. The van der Waals surface area contributed by atoms with Gasteiger partial charge < -0.3 is 20.1 Å². The molecule has 0 fully saturated rings. The largest absolute Gasteiger partial charge is 0.489 e. The number of thiazole rings is 1. The summed E-state index contributed by atoms with van der Waals surface area (Å²) >= 11 is 7.06. The van der Waals surface area contributed by atoms with Crippen LogP contribution in [0.1, 0.15) is 5.69 Å². The van der Waals surface area contributed by atoms with Crippen molar-refractivity contribution < 1.29 is 9.84 Å². The van der Waals surface area contributed by atoms with Crippen molar-refractivity contribution in [2.24, 2.45) is 0 Å². The molecule has 0 aliphatic carbocycles. The molecule has 1 unspecified atom stereocenters. The number of aliphatic hydroxyl groups excluding tert-OH is 1. The van der Waals surface area contributed by atoms with E-state index >= 15 is 0 Å². The fourth-order valence-corrected chi connectivity index (χ4v) is 2.35. The lowest BCUT2D eigenvalue weighted by atomic mass is 10.3. The van der Waals surface area contributed by atoms with Gasteiger partial charge in [0.15, 0.2) is 0 Å². The summed E-state index contributed by atoms with van der Waals surface area (Å²) < 4.78 is 5.43. The molecule has 0 aliphatic heterocycles. The van der Waals surface area contributed by atoms with Gasteiger partial charge in [-0.2, -0.15) is 0 Å². The highest BCUT2D eigenvalue weighted by atomic mass is 35.5. The third kappa shape index (κ3) is 4.64. The summed E-state index contributed by atoms with van der Waals surface area (Å²) in [6.07, 6.45) is -0.656. The third-order valence-corrected chi connectivity index (χ3v) is 3.56. The Balaban J connectivity index is 1.69. The third-order valence-electron chi connectivity index (χ3n) is 2.53. The number of para-hydroxylation sites is 1. The molecule has 1 heterocycles. The molecular formula is C13H15ClN2O3S. The fourth-order valence-electron chi connectivity index (χ4n) is 1.58. The van der Waals surface area contributed by atoms with Crippen LogP contribution in [-0.4, -0.2) is 29.3 Å². The molecule has 20 heavy (non-hydrogen) atoms. The van der Waals surface area contributed by atoms with Crippen LogP contribution in [0.3, 0.4) is 0 Å². The minimum absolute atomic E-state index is 0.0793. The number of H-pyrrole nitrogens is 1. The van der Waals surface area contributed by atoms with Crippen molar-refractivity contribution >= 4 is 22.9 Å². The Hall–Kier alpha value is -1.34. The van der Waals surface area contributed by atoms with Gasteiger partial charge in [-0.3, -0.25) is 4.79 Å². The molecule has 1 aromatic heterocycles. The Morgan fingerprint density at radius 2 is 2.25 bits per heavy atom. The van der Waals surface area contributed by atoms with Crippen LogP contribution >= 0.6 is 22.9 Å². The maximum absolute atomic E-state index is 10.9. The van der Waals surface area contributed by atoms with E-state index in [4.69, 9.17) is 16.3 Å². The van der Waals surface area contributed by atoms with Gasteiger partial charge in [-0.05, 0) is 12.1 Å². The van der Waals surface area contributed by atoms with Crippen LogP contribution in [0.5, 0.6) is 5.75 Å². The Morgan fingerprint density at radius 3 is 2.95 bits per heavy atom. The average molecular weight is 315 g/mol. The first-order valence-corrected chi connectivity index (χ1v) is 7.33. The number of ether oxygens (including phenoxy) is 1. The molecule has 1 aromatic carbocycles. The number of aromatic nitrogens is 1. The van der Waals surface area contributed by atoms with E-state index < -0.39 is 6.10 Å². The number of hydrogen-bond acceptors (Lipinski definition) is 5. The monoisotopic (exact) mass is 314 g/mol. The fraction of sp³-hybridized carbons (Fsp3) is 0.308.